The molecular formula is C18H21NO3S. The largest absolute Gasteiger partial charge is 0.493 e. The van der Waals surface area contributed by atoms with E-state index in [0.29, 0.717) is 30.5 Å². The van der Waals surface area contributed by atoms with E-state index < -0.39 is 10.0 Å². The predicted octanol–water partition coefficient (Wildman–Crippen LogP) is 3.17. The van der Waals surface area contributed by atoms with Gasteiger partial charge >= 0.3 is 0 Å². The number of nitrogens with zero attached hydrogens (tertiary/aromatic N) is 1. The molecule has 2 aromatic rings. The fourth-order valence-electron chi connectivity index (χ4n) is 2.79. The number of para-hydroxylation sites is 1. The highest BCUT2D eigenvalue weighted by Gasteiger charge is 2.29. The van der Waals surface area contributed by atoms with Crippen molar-refractivity contribution in [3.05, 3.63) is 60.7 Å². The van der Waals surface area contributed by atoms with E-state index in [1.165, 1.54) is 0 Å². The first kappa shape index (κ1) is 16.0. The second-order valence-electron chi connectivity index (χ2n) is 5.78. The molecule has 1 saturated heterocycles. The van der Waals surface area contributed by atoms with Gasteiger partial charge in [-0.3, -0.25) is 0 Å². The normalized spacial score (nSPS) is 17.0. The number of sulfonamides is 1. The van der Waals surface area contributed by atoms with Crippen LogP contribution in [0.5, 0.6) is 5.75 Å². The smallest absolute Gasteiger partial charge is 0.243 e. The van der Waals surface area contributed by atoms with Gasteiger partial charge in [0.1, 0.15) is 5.75 Å². The molecule has 0 N–H and O–H groups in total. The predicted molar refractivity (Wildman–Crippen MR) is 89.9 cm³/mol. The van der Waals surface area contributed by atoms with Crippen molar-refractivity contribution >= 4 is 10.0 Å². The Hall–Kier alpha value is -1.85. The Morgan fingerprint density at radius 2 is 1.48 bits per heavy atom. The van der Waals surface area contributed by atoms with E-state index in [4.69, 9.17) is 4.74 Å². The molecule has 0 unspecified atom stereocenters. The van der Waals surface area contributed by atoms with Gasteiger partial charge in [0, 0.05) is 13.1 Å². The maximum atomic E-state index is 12.6. The van der Waals surface area contributed by atoms with E-state index >= 15 is 0 Å². The highest BCUT2D eigenvalue weighted by Crippen LogP contribution is 2.24. The van der Waals surface area contributed by atoms with Crippen molar-refractivity contribution < 1.29 is 13.2 Å². The van der Waals surface area contributed by atoms with Crippen LogP contribution in [0.3, 0.4) is 0 Å². The molecule has 0 bridgehead atoms. The first-order valence-corrected chi connectivity index (χ1v) is 9.33. The fourth-order valence-corrected chi connectivity index (χ4v) is 4.28. The molecule has 0 atom stereocenters. The minimum atomic E-state index is -3.36. The Kier molecular flexibility index (Phi) is 4.98. The molecule has 1 fully saturated rings. The third-order valence-electron chi connectivity index (χ3n) is 4.18. The van der Waals surface area contributed by atoms with Crippen molar-refractivity contribution in [1.82, 2.24) is 4.31 Å². The fraction of sp³-hybridized carbons (Fsp3) is 0.333. The molecule has 1 aliphatic heterocycles. The summed E-state index contributed by atoms with van der Waals surface area (Å²) in [6.45, 7) is 1.75. The van der Waals surface area contributed by atoms with E-state index in [1.807, 2.05) is 36.4 Å². The Balaban J connectivity index is 1.54. The van der Waals surface area contributed by atoms with Gasteiger partial charge in [0.05, 0.1) is 11.5 Å². The molecule has 0 saturated carbocycles. The van der Waals surface area contributed by atoms with Gasteiger partial charge in [-0.25, -0.2) is 8.42 Å². The highest BCUT2D eigenvalue weighted by atomic mass is 32.2. The van der Waals surface area contributed by atoms with Crippen LogP contribution in [0.15, 0.2) is 65.6 Å². The SMILES string of the molecule is O=S(=O)(c1ccccc1)N1CCC(COc2ccccc2)CC1. The van der Waals surface area contributed by atoms with E-state index in [1.54, 1.807) is 28.6 Å². The van der Waals surface area contributed by atoms with Crippen LogP contribution in [-0.2, 0) is 10.0 Å². The van der Waals surface area contributed by atoms with Crippen molar-refractivity contribution in [3.63, 3.8) is 0 Å². The lowest BCUT2D eigenvalue weighted by Gasteiger charge is -2.31. The van der Waals surface area contributed by atoms with Crippen molar-refractivity contribution in [2.45, 2.75) is 17.7 Å². The third kappa shape index (κ3) is 3.92. The van der Waals surface area contributed by atoms with Crippen LogP contribution in [0.4, 0.5) is 0 Å². The minimum absolute atomic E-state index is 0.374. The average molecular weight is 331 g/mol. The van der Waals surface area contributed by atoms with Crippen LogP contribution in [0.1, 0.15) is 12.8 Å². The Morgan fingerprint density at radius 1 is 0.913 bits per heavy atom. The second-order valence-corrected chi connectivity index (χ2v) is 7.72. The summed E-state index contributed by atoms with van der Waals surface area (Å²) in [5.41, 5.74) is 0. The van der Waals surface area contributed by atoms with Crippen molar-refractivity contribution in [3.8, 4) is 5.75 Å². The molecule has 0 radical (unpaired) electrons. The number of hydrogen-bond donors (Lipinski definition) is 0. The lowest BCUT2D eigenvalue weighted by Crippen LogP contribution is -2.39. The van der Waals surface area contributed by atoms with Gasteiger partial charge < -0.3 is 4.74 Å². The van der Waals surface area contributed by atoms with Crippen molar-refractivity contribution in [2.24, 2.45) is 5.92 Å². The molecule has 23 heavy (non-hydrogen) atoms. The Morgan fingerprint density at radius 3 is 2.09 bits per heavy atom. The summed E-state index contributed by atoms with van der Waals surface area (Å²) in [7, 11) is -3.36. The zero-order chi connectivity index (χ0) is 16.1. The van der Waals surface area contributed by atoms with E-state index in [0.717, 1.165) is 18.6 Å². The van der Waals surface area contributed by atoms with Gasteiger partial charge in [-0.2, -0.15) is 4.31 Å². The summed E-state index contributed by atoms with van der Waals surface area (Å²) in [5, 5.41) is 0. The summed E-state index contributed by atoms with van der Waals surface area (Å²) in [5.74, 6) is 1.27. The van der Waals surface area contributed by atoms with Crippen LogP contribution in [0.2, 0.25) is 0 Å². The number of rotatable bonds is 5. The van der Waals surface area contributed by atoms with Gasteiger partial charge in [-0.1, -0.05) is 36.4 Å². The standard InChI is InChI=1S/C18H21NO3S/c20-23(21,18-9-5-2-6-10-18)19-13-11-16(12-14-19)15-22-17-7-3-1-4-8-17/h1-10,16H,11-15H2. The lowest BCUT2D eigenvalue weighted by atomic mass is 9.99. The monoisotopic (exact) mass is 331 g/mol. The molecular weight excluding hydrogens is 310 g/mol. The van der Waals surface area contributed by atoms with E-state index in [-0.39, 0.29) is 0 Å². The van der Waals surface area contributed by atoms with Crippen molar-refractivity contribution in [1.29, 1.82) is 0 Å². The number of piperidine rings is 1. The lowest BCUT2D eigenvalue weighted by molar-refractivity contribution is 0.185. The maximum absolute atomic E-state index is 12.6. The molecule has 2 aromatic carbocycles. The van der Waals surface area contributed by atoms with Gasteiger partial charge in [-0.15, -0.1) is 0 Å². The molecule has 0 spiro atoms. The number of ether oxygens (including phenoxy) is 1. The van der Waals surface area contributed by atoms with Gasteiger partial charge in [-0.05, 0) is 43.0 Å². The molecule has 0 amide bonds. The first-order chi connectivity index (χ1) is 11.2. The molecule has 1 heterocycles. The molecule has 3 rings (SSSR count). The zero-order valence-corrected chi connectivity index (χ0v) is 13.8. The van der Waals surface area contributed by atoms with Gasteiger partial charge in [0.25, 0.3) is 0 Å². The Bertz CT molecular complexity index is 708. The molecule has 122 valence electrons. The zero-order valence-electron chi connectivity index (χ0n) is 13.0. The Labute approximate surface area is 137 Å². The average Bonchev–Trinajstić information content (AvgIpc) is 2.62. The molecule has 0 aromatic heterocycles. The maximum Gasteiger partial charge on any atom is 0.243 e. The van der Waals surface area contributed by atoms with Crippen LogP contribution in [0.25, 0.3) is 0 Å². The summed E-state index contributed by atoms with van der Waals surface area (Å²) in [6, 6.07) is 18.4. The van der Waals surface area contributed by atoms with Crippen LogP contribution in [0, 0.1) is 5.92 Å². The molecule has 0 aliphatic carbocycles. The van der Waals surface area contributed by atoms with Crippen LogP contribution < -0.4 is 4.74 Å². The summed E-state index contributed by atoms with van der Waals surface area (Å²) in [6.07, 6.45) is 1.66. The quantitative estimate of drug-likeness (QED) is 0.845. The van der Waals surface area contributed by atoms with Crippen molar-refractivity contribution in [2.75, 3.05) is 19.7 Å². The molecule has 5 heteroatoms. The summed E-state index contributed by atoms with van der Waals surface area (Å²) >= 11 is 0. The van der Waals surface area contributed by atoms with Gasteiger partial charge in [0.2, 0.25) is 10.0 Å². The third-order valence-corrected chi connectivity index (χ3v) is 6.10. The second kappa shape index (κ2) is 7.15. The summed E-state index contributed by atoms with van der Waals surface area (Å²) in [4.78, 5) is 0.374. The first-order valence-electron chi connectivity index (χ1n) is 7.89. The minimum Gasteiger partial charge on any atom is -0.493 e. The number of benzene rings is 2. The number of hydrogen-bond acceptors (Lipinski definition) is 3. The van der Waals surface area contributed by atoms with E-state index in [2.05, 4.69) is 0 Å². The van der Waals surface area contributed by atoms with Gasteiger partial charge in [0.15, 0.2) is 0 Å². The molecule has 1 aliphatic rings. The van der Waals surface area contributed by atoms with Crippen LogP contribution >= 0.6 is 0 Å². The topological polar surface area (TPSA) is 46.6 Å². The molecule has 4 nitrogen and oxygen atoms in total. The highest BCUT2D eigenvalue weighted by molar-refractivity contribution is 7.89. The van der Waals surface area contributed by atoms with E-state index in [9.17, 15) is 8.42 Å². The summed E-state index contributed by atoms with van der Waals surface area (Å²) < 4.78 is 32.5. The van der Waals surface area contributed by atoms with Crippen LogP contribution in [-0.4, -0.2) is 32.4 Å².